The molecule has 0 saturated heterocycles. The largest absolute Gasteiger partial charge is 0.438 e. The number of rotatable bonds is 3. The van der Waals surface area contributed by atoms with Gasteiger partial charge >= 0.3 is 0 Å². The number of nitrogens with zero attached hydrogens (tertiary/aromatic N) is 2. The van der Waals surface area contributed by atoms with E-state index < -0.39 is 0 Å². The maximum atomic E-state index is 5.66. The van der Waals surface area contributed by atoms with Crippen molar-refractivity contribution in [1.82, 2.24) is 9.78 Å². The van der Waals surface area contributed by atoms with Crippen LogP contribution in [0.2, 0.25) is 0 Å². The van der Waals surface area contributed by atoms with E-state index in [0.717, 1.165) is 5.75 Å². The summed E-state index contributed by atoms with van der Waals surface area (Å²) in [6.45, 7) is 6.21. The summed E-state index contributed by atoms with van der Waals surface area (Å²) >= 11 is 0. The molecule has 0 amide bonds. The molecule has 0 atom stereocenters. The van der Waals surface area contributed by atoms with E-state index in [1.807, 2.05) is 48.1 Å². The first-order chi connectivity index (χ1) is 7.65. The Labute approximate surface area is 95.7 Å². The molecule has 0 aliphatic carbocycles. The number of aromatic nitrogens is 2. The minimum atomic E-state index is 0.356. The fourth-order valence-electron chi connectivity index (χ4n) is 1.46. The van der Waals surface area contributed by atoms with Gasteiger partial charge in [0.05, 0.1) is 0 Å². The highest BCUT2D eigenvalue weighted by molar-refractivity contribution is 5.30. The second kappa shape index (κ2) is 4.39. The molecule has 1 aromatic carbocycles. The lowest BCUT2D eigenvalue weighted by Crippen LogP contribution is -2.00. The Balaban J connectivity index is 2.14. The van der Waals surface area contributed by atoms with Crippen molar-refractivity contribution in [3.05, 3.63) is 42.1 Å². The second-order valence-corrected chi connectivity index (χ2v) is 4.15. The molecule has 0 unspecified atom stereocenters. The van der Waals surface area contributed by atoms with Gasteiger partial charge in [0, 0.05) is 18.3 Å². The van der Waals surface area contributed by atoms with Gasteiger partial charge in [-0.2, -0.15) is 0 Å². The van der Waals surface area contributed by atoms with Crippen LogP contribution in [-0.4, -0.2) is 9.78 Å². The first kappa shape index (κ1) is 10.7. The molecule has 2 aromatic rings. The third-order valence-electron chi connectivity index (χ3n) is 2.32. The lowest BCUT2D eigenvalue weighted by molar-refractivity contribution is 0.435. The molecule has 0 bridgehead atoms. The van der Waals surface area contributed by atoms with Crippen LogP contribution >= 0.6 is 0 Å². The Morgan fingerprint density at radius 2 is 2.06 bits per heavy atom. The van der Waals surface area contributed by atoms with Crippen LogP contribution in [0, 0.1) is 6.92 Å². The zero-order chi connectivity index (χ0) is 11.5. The Kier molecular flexibility index (Phi) is 2.95. The summed E-state index contributed by atoms with van der Waals surface area (Å²) in [7, 11) is 0. The van der Waals surface area contributed by atoms with Gasteiger partial charge in [-0.05, 0) is 38.5 Å². The zero-order valence-corrected chi connectivity index (χ0v) is 9.84. The van der Waals surface area contributed by atoms with Crippen molar-refractivity contribution >= 4 is 0 Å². The predicted octanol–water partition coefficient (Wildman–Crippen LogP) is 3.56. The Bertz CT molecular complexity index is 474. The van der Waals surface area contributed by atoms with Crippen LogP contribution in [0.3, 0.4) is 0 Å². The van der Waals surface area contributed by atoms with Crippen LogP contribution in [0.4, 0.5) is 0 Å². The molecule has 0 radical (unpaired) electrons. The van der Waals surface area contributed by atoms with Gasteiger partial charge in [-0.15, -0.1) is 5.10 Å². The highest BCUT2D eigenvalue weighted by Gasteiger charge is 2.03. The lowest BCUT2D eigenvalue weighted by Gasteiger charge is -2.05. The van der Waals surface area contributed by atoms with Crippen molar-refractivity contribution in [2.75, 3.05) is 0 Å². The summed E-state index contributed by atoms with van der Waals surface area (Å²) in [5, 5.41) is 4.33. The van der Waals surface area contributed by atoms with Gasteiger partial charge in [-0.3, -0.25) is 4.68 Å². The summed E-state index contributed by atoms with van der Waals surface area (Å²) in [4.78, 5) is 0. The standard InChI is InChI=1S/C13H16N2O/c1-10(2)15-8-7-13(14-15)16-12-6-4-5-11(3)9-12/h4-10H,1-3H3. The number of benzene rings is 1. The highest BCUT2D eigenvalue weighted by Crippen LogP contribution is 2.20. The van der Waals surface area contributed by atoms with Crippen molar-refractivity contribution in [2.45, 2.75) is 26.8 Å². The molecule has 16 heavy (non-hydrogen) atoms. The minimum Gasteiger partial charge on any atom is -0.438 e. The number of ether oxygens (including phenoxy) is 1. The summed E-state index contributed by atoms with van der Waals surface area (Å²) in [6, 6.07) is 10.2. The van der Waals surface area contributed by atoms with E-state index in [2.05, 4.69) is 18.9 Å². The fourth-order valence-corrected chi connectivity index (χ4v) is 1.46. The van der Waals surface area contributed by atoms with Gasteiger partial charge in [-0.1, -0.05) is 12.1 Å². The molecule has 0 aliphatic rings. The fraction of sp³-hybridized carbons (Fsp3) is 0.308. The molecule has 0 N–H and O–H groups in total. The number of hydrogen-bond acceptors (Lipinski definition) is 2. The molecular formula is C13H16N2O. The van der Waals surface area contributed by atoms with Crippen LogP contribution in [0.5, 0.6) is 11.6 Å². The Hall–Kier alpha value is -1.77. The van der Waals surface area contributed by atoms with Crippen LogP contribution in [0.1, 0.15) is 25.5 Å². The van der Waals surface area contributed by atoms with Gasteiger partial charge in [-0.25, -0.2) is 0 Å². The Morgan fingerprint density at radius 1 is 1.25 bits per heavy atom. The smallest absolute Gasteiger partial charge is 0.238 e. The van der Waals surface area contributed by atoms with Crippen LogP contribution in [-0.2, 0) is 0 Å². The molecule has 0 saturated carbocycles. The SMILES string of the molecule is Cc1cccc(Oc2ccn(C(C)C)n2)c1. The molecule has 84 valence electrons. The zero-order valence-electron chi connectivity index (χ0n) is 9.84. The highest BCUT2D eigenvalue weighted by atomic mass is 16.5. The Morgan fingerprint density at radius 3 is 2.69 bits per heavy atom. The lowest BCUT2D eigenvalue weighted by atomic mass is 10.2. The van der Waals surface area contributed by atoms with Crippen LogP contribution in [0.15, 0.2) is 36.5 Å². The van der Waals surface area contributed by atoms with Gasteiger partial charge in [0.25, 0.3) is 0 Å². The normalized spacial score (nSPS) is 10.8. The maximum Gasteiger partial charge on any atom is 0.238 e. The molecular weight excluding hydrogens is 200 g/mol. The van der Waals surface area contributed by atoms with Gasteiger partial charge in [0.1, 0.15) is 5.75 Å². The minimum absolute atomic E-state index is 0.356. The third-order valence-corrected chi connectivity index (χ3v) is 2.32. The van der Waals surface area contributed by atoms with Crippen molar-refractivity contribution in [3.8, 4) is 11.6 Å². The second-order valence-electron chi connectivity index (χ2n) is 4.15. The third kappa shape index (κ3) is 2.42. The first-order valence-corrected chi connectivity index (χ1v) is 5.45. The molecule has 2 rings (SSSR count). The van der Waals surface area contributed by atoms with Crippen LogP contribution in [0.25, 0.3) is 0 Å². The van der Waals surface area contributed by atoms with Crippen molar-refractivity contribution in [1.29, 1.82) is 0 Å². The summed E-state index contributed by atoms with van der Waals surface area (Å²) in [5.41, 5.74) is 1.18. The van der Waals surface area contributed by atoms with E-state index in [1.165, 1.54) is 5.56 Å². The molecule has 1 heterocycles. The molecule has 1 aromatic heterocycles. The van der Waals surface area contributed by atoms with Crippen molar-refractivity contribution in [3.63, 3.8) is 0 Å². The van der Waals surface area contributed by atoms with Crippen molar-refractivity contribution < 1.29 is 4.74 Å². The summed E-state index contributed by atoms with van der Waals surface area (Å²) < 4.78 is 7.54. The summed E-state index contributed by atoms with van der Waals surface area (Å²) in [5.74, 6) is 1.47. The van der Waals surface area contributed by atoms with E-state index in [1.54, 1.807) is 0 Å². The maximum absolute atomic E-state index is 5.66. The van der Waals surface area contributed by atoms with E-state index in [0.29, 0.717) is 11.9 Å². The molecule has 3 heteroatoms. The molecule has 0 spiro atoms. The van der Waals surface area contributed by atoms with Gasteiger partial charge < -0.3 is 4.74 Å². The monoisotopic (exact) mass is 216 g/mol. The topological polar surface area (TPSA) is 27.1 Å². The number of hydrogen-bond donors (Lipinski definition) is 0. The molecule has 0 fully saturated rings. The van der Waals surface area contributed by atoms with Gasteiger partial charge in [0.2, 0.25) is 5.88 Å². The molecule has 0 aliphatic heterocycles. The van der Waals surface area contributed by atoms with Crippen molar-refractivity contribution in [2.24, 2.45) is 0 Å². The van der Waals surface area contributed by atoms with Gasteiger partial charge in [0.15, 0.2) is 0 Å². The predicted molar refractivity (Wildman–Crippen MR) is 63.9 cm³/mol. The first-order valence-electron chi connectivity index (χ1n) is 5.45. The van der Waals surface area contributed by atoms with E-state index in [-0.39, 0.29) is 0 Å². The van der Waals surface area contributed by atoms with E-state index >= 15 is 0 Å². The van der Waals surface area contributed by atoms with Crippen LogP contribution < -0.4 is 4.74 Å². The average molecular weight is 216 g/mol. The number of aryl methyl sites for hydroxylation is 1. The molecule has 3 nitrogen and oxygen atoms in total. The summed E-state index contributed by atoms with van der Waals surface area (Å²) in [6.07, 6.45) is 1.93. The van der Waals surface area contributed by atoms with E-state index in [4.69, 9.17) is 4.74 Å². The quantitative estimate of drug-likeness (QED) is 0.784. The average Bonchev–Trinajstić information content (AvgIpc) is 2.66. The van der Waals surface area contributed by atoms with E-state index in [9.17, 15) is 0 Å².